The third kappa shape index (κ3) is 8650. The van der Waals surface area contributed by atoms with Gasteiger partial charge in [-0.2, -0.15) is 0 Å². The van der Waals surface area contributed by atoms with Crippen LogP contribution in [0.15, 0.2) is 0 Å². The minimum absolute atomic E-state index is 2.00. The fraction of sp³-hybridized carbons (Fsp3) is 1.00. The van der Waals surface area contributed by atoms with Crippen molar-refractivity contribution in [3.05, 3.63) is 0 Å². The number of hydrogen-bond acceptors (Lipinski definition) is 1. The molecule has 0 heterocycles. The lowest BCUT2D eigenvalue weighted by atomic mass is 10.3. The van der Waals surface area contributed by atoms with Crippen molar-refractivity contribution in [2.75, 3.05) is 21.1 Å². The van der Waals surface area contributed by atoms with Crippen LogP contribution in [0.3, 0.4) is 0 Å². The van der Waals surface area contributed by atoms with E-state index in [1.165, 1.54) is 0 Å². The summed E-state index contributed by atoms with van der Waals surface area (Å²) in [4.78, 5) is 2.00. The molecule has 0 fully saturated rings. The molecule has 0 rings (SSSR count). The van der Waals surface area contributed by atoms with Gasteiger partial charge in [0, 0.05) is 0 Å². The summed E-state index contributed by atoms with van der Waals surface area (Å²) in [5.74, 6) is 0. The SMILES string of the molecule is CN(C)C.F[B-](F)(F)F.F[B-](F)(F)F.F[B-](F)(F)F. The zero-order valence-electron chi connectivity index (χ0n) is 9.71. The van der Waals surface area contributed by atoms with Crippen LogP contribution in [-0.2, 0) is 0 Å². The maximum absolute atomic E-state index is 9.75. The van der Waals surface area contributed by atoms with E-state index in [4.69, 9.17) is 0 Å². The maximum Gasteiger partial charge on any atom is 0.673 e. The van der Waals surface area contributed by atoms with Gasteiger partial charge >= 0.3 is 21.8 Å². The first-order valence-electron chi connectivity index (χ1n) is 3.96. The predicted molar refractivity (Wildman–Crippen MR) is 50.2 cm³/mol. The third-order valence-corrected chi connectivity index (χ3v) is 0. The van der Waals surface area contributed by atoms with Gasteiger partial charge in [0.2, 0.25) is 0 Å². The second-order valence-electron chi connectivity index (χ2n) is 2.83. The van der Waals surface area contributed by atoms with Crippen molar-refractivity contribution in [3.8, 4) is 0 Å². The summed E-state index contributed by atoms with van der Waals surface area (Å²) in [7, 11) is -12.0. The Morgan fingerprint density at radius 2 is 0.421 bits per heavy atom. The molecule has 0 aliphatic carbocycles. The molecule has 0 N–H and O–H groups in total. The van der Waals surface area contributed by atoms with E-state index in [0.717, 1.165) is 0 Å². The van der Waals surface area contributed by atoms with Gasteiger partial charge in [0.15, 0.2) is 0 Å². The van der Waals surface area contributed by atoms with Crippen molar-refractivity contribution in [1.82, 2.24) is 4.90 Å². The Morgan fingerprint density at radius 3 is 0.421 bits per heavy atom. The molecule has 0 aromatic heterocycles. The Kier molecular flexibility index (Phi) is 15.7. The van der Waals surface area contributed by atoms with E-state index in [1.807, 2.05) is 26.0 Å². The van der Waals surface area contributed by atoms with Crippen LogP contribution in [0.5, 0.6) is 0 Å². The van der Waals surface area contributed by atoms with Crippen LogP contribution in [0, 0.1) is 0 Å². The molecule has 0 bridgehead atoms. The second-order valence-corrected chi connectivity index (χ2v) is 2.83. The summed E-state index contributed by atoms with van der Waals surface area (Å²) >= 11 is 0. The Labute approximate surface area is 101 Å². The molecule has 0 aromatic carbocycles. The highest BCUT2D eigenvalue weighted by atomic mass is 19.5. The first-order valence-corrected chi connectivity index (χ1v) is 3.96. The van der Waals surface area contributed by atoms with Crippen LogP contribution < -0.4 is 0 Å². The lowest BCUT2D eigenvalue weighted by Crippen LogP contribution is -2.02. The Morgan fingerprint density at radius 1 is 0.421 bits per heavy atom. The van der Waals surface area contributed by atoms with Crippen molar-refractivity contribution >= 4 is 21.8 Å². The van der Waals surface area contributed by atoms with Crippen molar-refractivity contribution in [3.63, 3.8) is 0 Å². The van der Waals surface area contributed by atoms with Gasteiger partial charge in [0.25, 0.3) is 0 Å². The summed E-state index contributed by atoms with van der Waals surface area (Å²) in [5, 5.41) is 0. The molecule has 0 saturated heterocycles. The van der Waals surface area contributed by atoms with Gasteiger partial charge in [0.1, 0.15) is 0 Å². The molecule has 0 aromatic rings. The van der Waals surface area contributed by atoms with E-state index in [1.54, 1.807) is 0 Å². The average Bonchev–Trinajstić information content (AvgIpc) is 1.66. The minimum atomic E-state index is -6.00. The molecular formula is C3H9B3F12N-3. The normalized spacial score (nSPS) is 11.4. The van der Waals surface area contributed by atoms with Gasteiger partial charge < -0.3 is 56.7 Å². The zero-order chi connectivity index (χ0) is 17.1. The van der Waals surface area contributed by atoms with Crippen molar-refractivity contribution < 1.29 is 51.8 Å². The van der Waals surface area contributed by atoms with Gasteiger partial charge in [-0.15, -0.1) is 0 Å². The highest BCUT2D eigenvalue weighted by molar-refractivity contribution is 6.50. The van der Waals surface area contributed by atoms with E-state index in [9.17, 15) is 51.8 Å². The summed E-state index contributed by atoms with van der Waals surface area (Å²) in [6.07, 6.45) is 0. The highest BCUT2D eigenvalue weighted by Crippen LogP contribution is 2.07. The molecule has 19 heavy (non-hydrogen) atoms. The van der Waals surface area contributed by atoms with Crippen LogP contribution in [0.4, 0.5) is 51.8 Å². The van der Waals surface area contributed by atoms with E-state index >= 15 is 0 Å². The monoisotopic (exact) mass is 320 g/mol. The lowest BCUT2D eigenvalue weighted by Gasteiger charge is -1.94. The molecule has 0 spiro atoms. The fourth-order valence-electron chi connectivity index (χ4n) is 0. The zero-order valence-corrected chi connectivity index (χ0v) is 9.71. The molecule has 122 valence electrons. The summed E-state index contributed by atoms with van der Waals surface area (Å²) in [6.45, 7) is 0. The van der Waals surface area contributed by atoms with Gasteiger partial charge in [0.05, 0.1) is 0 Å². The van der Waals surface area contributed by atoms with Crippen LogP contribution in [0.1, 0.15) is 0 Å². The molecule has 0 atom stereocenters. The van der Waals surface area contributed by atoms with Gasteiger partial charge in [-0.3, -0.25) is 0 Å². The summed E-state index contributed by atoms with van der Waals surface area (Å²) in [5.41, 5.74) is 0. The molecule has 0 amide bonds. The first kappa shape index (κ1) is 26.8. The number of nitrogens with zero attached hydrogens (tertiary/aromatic N) is 1. The standard InChI is InChI=1S/C3H9N.3BF4/c1-4(2)3;3*2-1(3,4)5/h1-3H3;;;/q;3*-1. The predicted octanol–water partition coefficient (Wildman–Crippen LogP) is 4.08. The van der Waals surface area contributed by atoms with Crippen molar-refractivity contribution in [1.29, 1.82) is 0 Å². The molecule has 16 heteroatoms. The summed E-state index contributed by atoms with van der Waals surface area (Å²) < 4.78 is 117. The number of halogens is 12. The van der Waals surface area contributed by atoms with Crippen molar-refractivity contribution in [2.45, 2.75) is 0 Å². The Bertz CT molecular complexity index is 133. The van der Waals surface area contributed by atoms with Gasteiger partial charge in [-0.25, -0.2) is 0 Å². The molecule has 0 radical (unpaired) electrons. The van der Waals surface area contributed by atoms with E-state index in [2.05, 4.69) is 0 Å². The highest BCUT2D eigenvalue weighted by Gasteiger charge is 2.21. The average molecular weight is 320 g/mol. The molecule has 0 aliphatic rings. The van der Waals surface area contributed by atoms with E-state index < -0.39 is 21.8 Å². The molecule has 0 aliphatic heterocycles. The fourth-order valence-corrected chi connectivity index (χ4v) is 0. The number of hydrogen-bond donors (Lipinski definition) is 0. The molecular weight excluding hydrogens is 310 g/mol. The van der Waals surface area contributed by atoms with Crippen LogP contribution in [0.25, 0.3) is 0 Å². The lowest BCUT2D eigenvalue weighted by molar-refractivity contribution is 0.366. The molecule has 1 nitrogen and oxygen atoms in total. The second kappa shape index (κ2) is 11.2. The van der Waals surface area contributed by atoms with E-state index in [0.29, 0.717) is 0 Å². The van der Waals surface area contributed by atoms with Gasteiger partial charge in [-0.05, 0) is 21.1 Å². The van der Waals surface area contributed by atoms with Crippen LogP contribution in [0.2, 0.25) is 0 Å². The number of rotatable bonds is 0. The largest absolute Gasteiger partial charge is 0.673 e. The third-order valence-electron chi connectivity index (χ3n) is 0. The maximum atomic E-state index is 9.75. The Hall–Kier alpha value is -0.685. The van der Waals surface area contributed by atoms with E-state index in [-0.39, 0.29) is 0 Å². The van der Waals surface area contributed by atoms with Crippen molar-refractivity contribution in [2.24, 2.45) is 0 Å². The Balaban J connectivity index is -0.0000000793. The smallest absolute Gasteiger partial charge is 0.418 e. The molecule has 0 saturated carbocycles. The van der Waals surface area contributed by atoms with Crippen LogP contribution >= 0.6 is 0 Å². The van der Waals surface area contributed by atoms with Gasteiger partial charge in [-0.1, -0.05) is 0 Å². The molecule has 0 unspecified atom stereocenters. The minimum Gasteiger partial charge on any atom is -0.418 e. The quantitative estimate of drug-likeness (QED) is 0.480. The van der Waals surface area contributed by atoms with Crippen LogP contribution in [-0.4, -0.2) is 47.8 Å². The summed E-state index contributed by atoms with van der Waals surface area (Å²) in [6, 6.07) is 0. The first-order chi connectivity index (χ1) is 7.73. The topological polar surface area (TPSA) is 3.24 Å².